The van der Waals surface area contributed by atoms with E-state index in [4.69, 9.17) is 4.74 Å². The zero-order chi connectivity index (χ0) is 21.0. The van der Waals surface area contributed by atoms with Crippen LogP contribution in [0.2, 0.25) is 0 Å². The summed E-state index contributed by atoms with van der Waals surface area (Å²) in [6, 6.07) is 9.00. The molecule has 1 aliphatic rings. The van der Waals surface area contributed by atoms with Crippen LogP contribution in [-0.4, -0.2) is 68.8 Å². The highest BCUT2D eigenvalue weighted by Crippen LogP contribution is 2.21. The fourth-order valence-electron chi connectivity index (χ4n) is 3.06. The molecule has 2 amide bonds. The van der Waals surface area contributed by atoms with E-state index in [0.29, 0.717) is 10.6 Å². The van der Waals surface area contributed by atoms with Gasteiger partial charge in [-0.05, 0) is 42.6 Å². The maximum atomic E-state index is 12.8. The molecule has 0 saturated carbocycles. The molecule has 1 aromatic carbocycles. The summed E-state index contributed by atoms with van der Waals surface area (Å²) < 4.78 is 32.0. The summed E-state index contributed by atoms with van der Waals surface area (Å²) >= 11 is 1.31. The number of amides is 2. The van der Waals surface area contributed by atoms with Crippen molar-refractivity contribution < 1.29 is 22.7 Å². The Morgan fingerprint density at radius 3 is 2.31 bits per heavy atom. The second-order valence-corrected chi connectivity index (χ2v) is 9.46. The third-order valence-electron chi connectivity index (χ3n) is 4.71. The van der Waals surface area contributed by atoms with Crippen LogP contribution >= 0.6 is 11.3 Å². The second-order valence-electron chi connectivity index (χ2n) is 6.58. The molecular weight excluding hydrogens is 414 g/mol. The second kappa shape index (κ2) is 8.93. The third-order valence-corrected chi connectivity index (χ3v) is 7.49. The van der Waals surface area contributed by atoms with Crippen molar-refractivity contribution in [2.75, 3.05) is 33.3 Å². The average molecular weight is 438 g/mol. The standard InChI is InChI=1S/C19H23N3O5S2/c1-14(20-18(23)17-4-3-13-28-17)19(24)21-9-11-22(12-10-21)29(25,26)16-7-5-15(27-2)6-8-16/h3-8,13-14H,9-12H2,1-2H3,(H,20,23). The van der Waals surface area contributed by atoms with E-state index < -0.39 is 16.1 Å². The topological polar surface area (TPSA) is 96.0 Å². The Bertz CT molecular complexity index is 950. The van der Waals surface area contributed by atoms with Crippen molar-refractivity contribution >= 4 is 33.2 Å². The molecule has 10 heteroatoms. The van der Waals surface area contributed by atoms with E-state index in [-0.39, 0.29) is 42.9 Å². The smallest absolute Gasteiger partial charge is 0.261 e. The molecule has 156 valence electrons. The number of thiophene rings is 1. The Balaban J connectivity index is 1.57. The van der Waals surface area contributed by atoms with Gasteiger partial charge in [-0.25, -0.2) is 8.42 Å². The first-order valence-electron chi connectivity index (χ1n) is 9.10. The number of sulfonamides is 1. The number of hydrogen-bond acceptors (Lipinski definition) is 6. The van der Waals surface area contributed by atoms with Gasteiger partial charge in [-0.3, -0.25) is 9.59 Å². The van der Waals surface area contributed by atoms with Crippen LogP contribution in [0, 0.1) is 0 Å². The lowest BCUT2D eigenvalue weighted by Gasteiger charge is -2.35. The zero-order valence-corrected chi connectivity index (χ0v) is 17.8. The first-order valence-corrected chi connectivity index (χ1v) is 11.4. The molecule has 0 aliphatic carbocycles. The number of carbonyl (C=O) groups excluding carboxylic acids is 2. The van der Waals surface area contributed by atoms with Crippen molar-refractivity contribution in [2.45, 2.75) is 17.9 Å². The predicted octanol–water partition coefficient (Wildman–Crippen LogP) is 1.41. The van der Waals surface area contributed by atoms with Crippen molar-refractivity contribution in [2.24, 2.45) is 0 Å². The summed E-state index contributed by atoms with van der Waals surface area (Å²) in [7, 11) is -2.12. The van der Waals surface area contributed by atoms with Crippen molar-refractivity contribution in [3.63, 3.8) is 0 Å². The SMILES string of the molecule is COc1ccc(S(=O)(=O)N2CCN(C(=O)C(C)NC(=O)c3cccs3)CC2)cc1. The Hall–Kier alpha value is -2.43. The Morgan fingerprint density at radius 1 is 1.10 bits per heavy atom. The molecular formula is C19H23N3O5S2. The fourth-order valence-corrected chi connectivity index (χ4v) is 5.11. The maximum Gasteiger partial charge on any atom is 0.261 e. The lowest BCUT2D eigenvalue weighted by molar-refractivity contribution is -0.134. The van der Waals surface area contributed by atoms with Crippen molar-refractivity contribution in [1.29, 1.82) is 0 Å². The molecule has 3 rings (SSSR count). The Labute approximate surface area is 174 Å². The minimum absolute atomic E-state index is 0.189. The number of piperazine rings is 1. The summed E-state index contributed by atoms with van der Waals surface area (Å²) in [5.41, 5.74) is 0. The highest BCUT2D eigenvalue weighted by Gasteiger charge is 2.32. The van der Waals surface area contributed by atoms with Gasteiger partial charge in [0.1, 0.15) is 11.8 Å². The summed E-state index contributed by atoms with van der Waals surface area (Å²) in [5.74, 6) is 0.0657. The van der Waals surface area contributed by atoms with Crippen LogP contribution in [0.25, 0.3) is 0 Å². The van der Waals surface area contributed by atoms with Gasteiger partial charge in [-0.1, -0.05) is 6.07 Å². The Morgan fingerprint density at radius 2 is 1.76 bits per heavy atom. The van der Waals surface area contributed by atoms with Crippen LogP contribution in [0.4, 0.5) is 0 Å². The van der Waals surface area contributed by atoms with Crippen molar-refractivity contribution in [3.05, 3.63) is 46.7 Å². The minimum atomic E-state index is -3.63. The highest BCUT2D eigenvalue weighted by molar-refractivity contribution is 7.89. The summed E-state index contributed by atoms with van der Waals surface area (Å²) in [5, 5.41) is 4.49. The molecule has 1 aliphatic heterocycles. The van der Waals surface area contributed by atoms with E-state index in [1.807, 2.05) is 0 Å². The summed E-state index contributed by atoms with van der Waals surface area (Å²) in [6.45, 7) is 2.58. The Kier molecular flexibility index (Phi) is 6.56. The van der Waals surface area contributed by atoms with Gasteiger partial charge in [0, 0.05) is 26.2 Å². The largest absolute Gasteiger partial charge is 0.497 e. The number of nitrogens with one attached hydrogen (secondary N) is 1. The van der Waals surface area contributed by atoms with Gasteiger partial charge in [-0.2, -0.15) is 4.31 Å². The van der Waals surface area contributed by atoms with Gasteiger partial charge < -0.3 is 15.0 Å². The number of ether oxygens (including phenoxy) is 1. The van der Waals surface area contributed by atoms with Gasteiger partial charge >= 0.3 is 0 Å². The van der Waals surface area contributed by atoms with Crippen LogP contribution in [0.3, 0.4) is 0 Å². The van der Waals surface area contributed by atoms with E-state index >= 15 is 0 Å². The molecule has 0 spiro atoms. The number of hydrogen-bond donors (Lipinski definition) is 1. The highest BCUT2D eigenvalue weighted by atomic mass is 32.2. The molecule has 1 atom stereocenters. The molecule has 29 heavy (non-hydrogen) atoms. The van der Waals surface area contributed by atoms with E-state index in [0.717, 1.165) is 0 Å². The van der Waals surface area contributed by atoms with Crippen LogP contribution in [0.5, 0.6) is 5.75 Å². The number of benzene rings is 1. The van der Waals surface area contributed by atoms with E-state index in [1.54, 1.807) is 41.5 Å². The minimum Gasteiger partial charge on any atom is -0.497 e. The van der Waals surface area contributed by atoms with E-state index in [1.165, 1.54) is 34.9 Å². The number of carbonyl (C=O) groups is 2. The molecule has 8 nitrogen and oxygen atoms in total. The van der Waals surface area contributed by atoms with Gasteiger partial charge in [-0.15, -0.1) is 11.3 Å². The predicted molar refractivity (Wildman–Crippen MR) is 110 cm³/mol. The summed E-state index contributed by atoms with van der Waals surface area (Å²) in [6.07, 6.45) is 0. The molecule has 1 saturated heterocycles. The first kappa shape index (κ1) is 21.3. The van der Waals surface area contributed by atoms with Gasteiger partial charge in [0.05, 0.1) is 16.9 Å². The van der Waals surface area contributed by atoms with E-state index in [9.17, 15) is 18.0 Å². The zero-order valence-electron chi connectivity index (χ0n) is 16.2. The molecule has 1 N–H and O–H groups in total. The number of methoxy groups -OCH3 is 1. The van der Waals surface area contributed by atoms with Crippen LogP contribution in [-0.2, 0) is 14.8 Å². The fraction of sp³-hybridized carbons (Fsp3) is 0.368. The van der Waals surface area contributed by atoms with Crippen molar-refractivity contribution in [1.82, 2.24) is 14.5 Å². The summed E-state index contributed by atoms with van der Waals surface area (Å²) in [4.78, 5) is 27.1. The molecule has 2 heterocycles. The lowest BCUT2D eigenvalue weighted by Crippen LogP contribution is -2.55. The van der Waals surface area contributed by atoms with Gasteiger partial charge in [0.15, 0.2) is 0 Å². The van der Waals surface area contributed by atoms with E-state index in [2.05, 4.69) is 5.32 Å². The third kappa shape index (κ3) is 4.77. The molecule has 1 aromatic heterocycles. The number of rotatable bonds is 6. The first-order chi connectivity index (χ1) is 13.8. The quantitative estimate of drug-likeness (QED) is 0.737. The molecule has 1 unspecified atom stereocenters. The van der Waals surface area contributed by atoms with Crippen LogP contribution < -0.4 is 10.1 Å². The molecule has 1 fully saturated rings. The average Bonchev–Trinajstić information content (AvgIpc) is 3.28. The molecule has 0 radical (unpaired) electrons. The monoisotopic (exact) mass is 437 g/mol. The normalized spacial score (nSPS) is 16.3. The molecule has 0 bridgehead atoms. The van der Waals surface area contributed by atoms with Crippen LogP contribution in [0.15, 0.2) is 46.7 Å². The van der Waals surface area contributed by atoms with Crippen LogP contribution in [0.1, 0.15) is 16.6 Å². The van der Waals surface area contributed by atoms with Crippen molar-refractivity contribution in [3.8, 4) is 5.75 Å². The van der Waals surface area contributed by atoms with Gasteiger partial charge in [0.25, 0.3) is 5.91 Å². The number of nitrogens with zero attached hydrogens (tertiary/aromatic N) is 2. The maximum absolute atomic E-state index is 12.8. The lowest BCUT2D eigenvalue weighted by atomic mass is 10.2. The van der Waals surface area contributed by atoms with Gasteiger partial charge in [0.2, 0.25) is 15.9 Å². The molecule has 2 aromatic rings.